The minimum atomic E-state index is 1.06. The van der Waals surface area contributed by atoms with E-state index in [0.717, 1.165) is 22.8 Å². The van der Waals surface area contributed by atoms with E-state index in [9.17, 15) is 0 Å². The molecule has 0 radical (unpaired) electrons. The van der Waals surface area contributed by atoms with Crippen LogP contribution >= 0.6 is 0 Å². The normalized spacial score (nSPS) is 13.1. The largest absolute Gasteiger partial charge is 0.310 e. The topological polar surface area (TPSA) is 19.1 Å². The van der Waals surface area contributed by atoms with Crippen LogP contribution in [0.2, 0.25) is 0 Å². The molecule has 0 saturated heterocycles. The van der Waals surface area contributed by atoms with Crippen molar-refractivity contribution in [3.05, 3.63) is 103 Å². The highest BCUT2D eigenvalue weighted by Gasteiger charge is 2.28. The molecule has 0 amide bonds. The van der Waals surface area contributed by atoms with E-state index in [0.29, 0.717) is 0 Å². The Morgan fingerprint density at radius 2 is 1.38 bits per heavy atom. The smallest absolute Gasteiger partial charge is 0.202 e. The van der Waals surface area contributed by atoms with Gasteiger partial charge in [-0.25, -0.2) is 4.57 Å². The van der Waals surface area contributed by atoms with Crippen molar-refractivity contribution in [3.63, 3.8) is 0 Å². The number of hydrazine groups is 1. The summed E-state index contributed by atoms with van der Waals surface area (Å²) in [4.78, 5) is 0. The molecule has 1 aliphatic rings. The lowest BCUT2D eigenvalue weighted by Crippen LogP contribution is -2.43. The Labute approximate surface area is 152 Å². The Morgan fingerprint density at radius 1 is 0.692 bits per heavy atom. The zero-order valence-corrected chi connectivity index (χ0v) is 14.2. The molecule has 3 heteroatoms. The van der Waals surface area contributed by atoms with Crippen LogP contribution < -0.4 is 15.0 Å². The van der Waals surface area contributed by atoms with Crippen LogP contribution in [0.15, 0.2) is 97.2 Å². The number of anilines is 2. The second-order valence-electron chi connectivity index (χ2n) is 6.32. The van der Waals surface area contributed by atoms with Crippen LogP contribution in [0.25, 0.3) is 22.7 Å². The summed E-state index contributed by atoms with van der Waals surface area (Å²) in [6.45, 7) is 0. The van der Waals surface area contributed by atoms with Gasteiger partial charge in [0.05, 0.1) is 17.3 Å². The Balaban J connectivity index is 1.75. The molecule has 4 aromatic rings. The molecular formula is C23H18N3+. The number of hydrogen-bond acceptors (Lipinski definition) is 2. The van der Waals surface area contributed by atoms with E-state index in [1.54, 1.807) is 0 Å². The first-order valence-corrected chi connectivity index (χ1v) is 8.72. The van der Waals surface area contributed by atoms with E-state index in [2.05, 4.69) is 106 Å². The number of nitrogens with zero attached hydrogens (tertiary/aromatic N) is 2. The lowest BCUT2D eigenvalue weighted by atomic mass is 10.1. The van der Waals surface area contributed by atoms with E-state index in [1.165, 1.54) is 10.8 Å². The van der Waals surface area contributed by atoms with Crippen molar-refractivity contribution in [1.82, 2.24) is 0 Å². The molecule has 26 heavy (non-hydrogen) atoms. The number of pyridine rings is 1. The number of nitrogens with one attached hydrogen (secondary N) is 1. The van der Waals surface area contributed by atoms with Crippen molar-refractivity contribution >= 4 is 34.2 Å². The van der Waals surface area contributed by atoms with Crippen LogP contribution in [0.1, 0.15) is 5.56 Å². The van der Waals surface area contributed by atoms with Crippen LogP contribution in [0.4, 0.5) is 11.5 Å². The zero-order valence-electron chi connectivity index (χ0n) is 14.2. The molecule has 2 heterocycles. The Morgan fingerprint density at radius 3 is 2.19 bits per heavy atom. The maximum absolute atomic E-state index is 3.63. The molecular weight excluding hydrogens is 318 g/mol. The van der Waals surface area contributed by atoms with Crippen LogP contribution in [0, 0.1) is 0 Å². The molecule has 0 fully saturated rings. The van der Waals surface area contributed by atoms with Crippen LogP contribution in [0.5, 0.6) is 0 Å². The summed E-state index contributed by atoms with van der Waals surface area (Å²) in [5.74, 6) is 1.06. The van der Waals surface area contributed by atoms with Gasteiger partial charge in [0, 0.05) is 5.56 Å². The third-order valence-electron chi connectivity index (χ3n) is 4.69. The van der Waals surface area contributed by atoms with Gasteiger partial charge in [-0.15, -0.1) is 0 Å². The van der Waals surface area contributed by atoms with Crippen molar-refractivity contribution in [2.24, 2.45) is 0 Å². The van der Waals surface area contributed by atoms with Gasteiger partial charge in [-0.2, -0.15) is 10.4 Å². The fourth-order valence-corrected chi connectivity index (χ4v) is 3.41. The van der Waals surface area contributed by atoms with E-state index >= 15 is 0 Å². The highest BCUT2D eigenvalue weighted by atomic mass is 15.6. The van der Waals surface area contributed by atoms with Gasteiger partial charge in [0.25, 0.3) is 0 Å². The molecule has 1 N–H and O–H groups in total. The fourth-order valence-electron chi connectivity index (χ4n) is 3.41. The predicted molar refractivity (Wildman–Crippen MR) is 107 cm³/mol. The standard InChI is InChI=1S/C23H17N3/c1-3-10-19(11-4-1)22-17-25-16-15-18-9-7-8-14-21(18)23(25)24-26(22)20-12-5-2-6-13-20/h1-17H/p+1. The number of fused-ring (bicyclic) bond motifs is 3. The molecule has 3 aromatic carbocycles. The summed E-state index contributed by atoms with van der Waals surface area (Å²) in [5.41, 5.74) is 7.00. The van der Waals surface area contributed by atoms with Crippen molar-refractivity contribution < 1.29 is 4.57 Å². The van der Waals surface area contributed by atoms with Crippen molar-refractivity contribution in [3.8, 4) is 0 Å². The summed E-state index contributed by atoms with van der Waals surface area (Å²) >= 11 is 0. The van der Waals surface area contributed by atoms with Crippen LogP contribution in [0.3, 0.4) is 0 Å². The lowest BCUT2D eigenvalue weighted by molar-refractivity contribution is -0.552. The summed E-state index contributed by atoms with van der Waals surface area (Å²) in [6, 6.07) is 31.4. The molecule has 0 atom stereocenters. The van der Waals surface area contributed by atoms with Crippen molar-refractivity contribution in [1.29, 1.82) is 0 Å². The number of hydrogen-bond donors (Lipinski definition) is 1. The summed E-state index contributed by atoms with van der Waals surface area (Å²) < 4.78 is 2.16. The molecule has 5 rings (SSSR count). The van der Waals surface area contributed by atoms with E-state index in [-0.39, 0.29) is 0 Å². The maximum Gasteiger partial charge on any atom is 0.310 e. The van der Waals surface area contributed by atoms with Gasteiger partial charge >= 0.3 is 5.82 Å². The minimum absolute atomic E-state index is 1.06. The number of para-hydroxylation sites is 1. The monoisotopic (exact) mass is 336 g/mol. The van der Waals surface area contributed by atoms with Gasteiger partial charge in [-0.3, -0.25) is 0 Å². The highest BCUT2D eigenvalue weighted by molar-refractivity contribution is 5.95. The maximum atomic E-state index is 3.63. The number of aromatic nitrogens is 1. The molecule has 0 aliphatic carbocycles. The first kappa shape index (κ1) is 14.7. The molecule has 0 unspecified atom stereocenters. The predicted octanol–water partition coefficient (Wildman–Crippen LogP) is 4.93. The molecule has 0 saturated carbocycles. The van der Waals surface area contributed by atoms with Gasteiger partial charge in [0.1, 0.15) is 11.9 Å². The molecule has 3 nitrogen and oxygen atoms in total. The Bertz CT molecular complexity index is 1100. The Kier molecular flexibility index (Phi) is 3.42. The average molecular weight is 336 g/mol. The SMILES string of the molecule is C1=C(c2ccccc2)N(c2ccccc2)Nc2c3ccccc3cc[n+]21. The zero-order chi connectivity index (χ0) is 17.3. The number of rotatable bonds is 2. The first-order chi connectivity index (χ1) is 12.9. The summed E-state index contributed by atoms with van der Waals surface area (Å²) in [7, 11) is 0. The molecule has 0 spiro atoms. The third-order valence-corrected chi connectivity index (χ3v) is 4.69. The minimum Gasteiger partial charge on any atom is -0.202 e. The van der Waals surface area contributed by atoms with Gasteiger partial charge in [-0.1, -0.05) is 66.7 Å². The third kappa shape index (κ3) is 2.42. The van der Waals surface area contributed by atoms with Crippen molar-refractivity contribution in [2.75, 3.05) is 10.4 Å². The van der Waals surface area contributed by atoms with Gasteiger partial charge < -0.3 is 0 Å². The molecule has 1 aliphatic heterocycles. The molecule has 0 bridgehead atoms. The molecule has 124 valence electrons. The van der Waals surface area contributed by atoms with Crippen LogP contribution in [-0.2, 0) is 0 Å². The first-order valence-electron chi connectivity index (χ1n) is 8.72. The highest BCUT2D eigenvalue weighted by Crippen LogP contribution is 2.31. The summed E-state index contributed by atoms with van der Waals surface area (Å²) in [6.07, 6.45) is 4.29. The van der Waals surface area contributed by atoms with Crippen LogP contribution in [-0.4, -0.2) is 0 Å². The van der Waals surface area contributed by atoms with E-state index in [1.807, 2.05) is 12.1 Å². The molecule has 1 aromatic heterocycles. The second-order valence-corrected chi connectivity index (χ2v) is 6.32. The number of benzene rings is 3. The Hall–Kier alpha value is -3.59. The quantitative estimate of drug-likeness (QED) is 0.524. The lowest BCUT2D eigenvalue weighted by Gasteiger charge is -2.27. The summed E-state index contributed by atoms with van der Waals surface area (Å²) in [5, 5.41) is 4.56. The average Bonchev–Trinajstić information content (AvgIpc) is 2.74. The fraction of sp³-hybridized carbons (Fsp3) is 0. The second kappa shape index (κ2) is 6.05. The van der Waals surface area contributed by atoms with E-state index < -0.39 is 0 Å². The van der Waals surface area contributed by atoms with E-state index in [4.69, 9.17) is 0 Å². The van der Waals surface area contributed by atoms with Gasteiger partial charge in [0.15, 0.2) is 0 Å². The van der Waals surface area contributed by atoms with Crippen molar-refractivity contribution in [2.45, 2.75) is 0 Å². The van der Waals surface area contributed by atoms with Gasteiger partial charge in [0.2, 0.25) is 0 Å². The van der Waals surface area contributed by atoms with Gasteiger partial charge in [-0.05, 0) is 29.7 Å².